The second kappa shape index (κ2) is 5.10. The largest absolute Gasteiger partial charge is 0.455 e. The molecule has 0 saturated heterocycles. The molecule has 20 heavy (non-hydrogen) atoms. The van der Waals surface area contributed by atoms with E-state index >= 15 is 0 Å². The number of aliphatic hydroxyl groups is 1. The van der Waals surface area contributed by atoms with E-state index in [0.29, 0.717) is 17.6 Å². The fourth-order valence-electron chi connectivity index (χ4n) is 2.36. The molecule has 0 aliphatic rings. The molecule has 1 atom stereocenters. The van der Waals surface area contributed by atoms with Crippen molar-refractivity contribution in [2.75, 3.05) is 0 Å². The molecule has 2 nitrogen and oxygen atoms in total. The molecule has 1 heterocycles. The molecule has 0 amide bonds. The van der Waals surface area contributed by atoms with Crippen molar-refractivity contribution >= 4 is 11.0 Å². The topological polar surface area (TPSA) is 33.4 Å². The van der Waals surface area contributed by atoms with Gasteiger partial charge in [-0.1, -0.05) is 36.4 Å². The zero-order valence-electron chi connectivity index (χ0n) is 11.1. The zero-order chi connectivity index (χ0) is 14.1. The number of hydrogen-bond donors (Lipinski definition) is 1. The molecule has 0 saturated carbocycles. The molecule has 3 heteroatoms. The summed E-state index contributed by atoms with van der Waals surface area (Å²) in [5.74, 6) is -0.00908. The molecule has 1 N–H and O–H groups in total. The Morgan fingerprint density at radius 3 is 2.70 bits per heavy atom. The van der Waals surface area contributed by atoms with Gasteiger partial charge in [-0.3, -0.25) is 0 Å². The van der Waals surface area contributed by atoms with Gasteiger partial charge in [0.15, 0.2) is 11.4 Å². The van der Waals surface area contributed by atoms with Gasteiger partial charge in [-0.2, -0.15) is 0 Å². The van der Waals surface area contributed by atoms with Crippen molar-refractivity contribution < 1.29 is 13.9 Å². The van der Waals surface area contributed by atoms with Gasteiger partial charge in [0.2, 0.25) is 0 Å². The SMILES string of the molecule is Cc1ccccc1CC(O)c1cc2cccc(F)c2o1. The lowest BCUT2D eigenvalue weighted by molar-refractivity contribution is 0.152. The second-order valence-electron chi connectivity index (χ2n) is 4.95. The third-order valence-electron chi connectivity index (χ3n) is 3.52. The summed E-state index contributed by atoms with van der Waals surface area (Å²) in [4.78, 5) is 0. The van der Waals surface area contributed by atoms with Gasteiger partial charge < -0.3 is 9.52 Å². The molecule has 0 aliphatic carbocycles. The smallest absolute Gasteiger partial charge is 0.170 e. The van der Waals surface area contributed by atoms with E-state index in [-0.39, 0.29) is 5.58 Å². The predicted molar refractivity (Wildman–Crippen MR) is 76.0 cm³/mol. The average molecular weight is 270 g/mol. The first-order valence-electron chi connectivity index (χ1n) is 6.55. The molecule has 0 spiro atoms. The fraction of sp³-hybridized carbons (Fsp3) is 0.176. The molecular weight excluding hydrogens is 255 g/mol. The number of aryl methyl sites for hydroxylation is 1. The molecule has 1 unspecified atom stereocenters. The van der Waals surface area contributed by atoms with Crippen LogP contribution in [0.2, 0.25) is 0 Å². The van der Waals surface area contributed by atoms with E-state index < -0.39 is 11.9 Å². The van der Waals surface area contributed by atoms with Crippen LogP contribution in [-0.4, -0.2) is 5.11 Å². The van der Waals surface area contributed by atoms with Gasteiger partial charge in [-0.05, 0) is 30.2 Å². The number of benzene rings is 2. The highest BCUT2D eigenvalue weighted by atomic mass is 19.1. The normalized spacial score (nSPS) is 12.8. The van der Waals surface area contributed by atoms with Crippen LogP contribution in [0.5, 0.6) is 0 Å². The van der Waals surface area contributed by atoms with E-state index in [1.807, 2.05) is 31.2 Å². The third kappa shape index (κ3) is 2.32. The van der Waals surface area contributed by atoms with E-state index in [4.69, 9.17) is 4.42 Å². The molecule has 0 bridgehead atoms. The van der Waals surface area contributed by atoms with Gasteiger partial charge in [0.05, 0.1) is 0 Å². The van der Waals surface area contributed by atoms with Crippen LogP contribution in [0.3, 0.4) is 0 Å². The lowest BCUT2D eigenvalue weighted by atomic mass is 10.0. The number of furan rings is 1. The Labute approximate surface area is 116 Å². The van der Waals surface area contributed by atoms with Crippen molar-refractivity contribution in [3.63, 3.8) is 0 Å². The van der Waals surface area contributed by atoms with E-state index in [1.165, 1.54) is 6.07 Å². The van der Waals surface area contributed by atoms with Crippen LogP contribution in [-0.2, 0) is 6.42 Å². The number of aliphatic hydroxyl groups excluding tert-OH is 1. The minimum atomic E-state index is -0.775. The van der Waals surface area contributed by atoms with Gasteiger partial charge in [0, 0.05) is 11.8 Å². The summed E-state index contributed by atoms with van der Waals surface area (Å²) in [7, 11) is 0. The third-order valence-corrected chi connectivity index (χ3v) is 3.52. The van der Waals surface area contributed by atoms with E-state index in [0.717, 1.165) is 11.1 Å². The molecule has 2 aromatic carbocycles. The van der Waals surface area contributed by atoms with E-state index in [1.54, 1.807) is 18.2 Å². The van der Waals surface area contributed by atoms with Crippen LogP contribution < -0.4 is 0 Å². The van der Waals surface area contributed by atoms with Gasteiger partial charge in [-0.25, -0.2) is 4.39 Å². The molecule has 0 aliphatic heterocycles. The first kappa shape index (κ1) is 12.9. The van der Waals surface area contributed by atoms with Crippen LogP contribution in [0.4, 0.5) is 4.39 Å². The Morgan fingerprint density at radius 1 is 1.15 bits per heavy atom. The van der Waals surface area contributed by atoms with E-state index in [2.05, 4.69) is 0 Å². The Hall–Kier alpha value is -2.13. The van der Waals surface area contributed by atoms with Crippen LogP contribution in [0, 0.1) is 12.7 Å². The summed E-state index contributed by atoms with van der Waals surface area (Å²) in [6, 6.07) is 14.3. The van der Waals surface area contributed by atoms with Crippen molar-refractivity contribution in [3.8, 4) is 0 Å². The van der Waals surface area contributed by atoms with Crippen LogP contribution in [0.15, 0.2) is 52.9 Å². The number of halogens is 1. The van der Waals surface area contributed by atoms with Crippen LogP contribution in [0.25, 0.3) is 11.0 Å². The maximum Gasteiger partial charge on any atom is 0.170 e. The maximum atomic E-state index is 13.6. The summed E-state index contributed by atoms with van der Waals surface area (Å²) in [5.41, 5.74) is 2.38. The Morgan fingerprint density at radius 2 is 1.95 bits per heavy atom. The van der Waals surface area contributed by atoms with Crippen molar-refractivity contribution in [2.45, 2.75) is 19.4 Å². The quantitative estimate of drug-likeness (QED) is 0.775. The molecule has 0 fully saturated rings. The van der Waals surface area contributed by atoms with Crippen molar-refractivity contribution in [2.24, 2.45) is 0 Å². The number of para-hydroxylation sites is 1. The van der Waals surface area contributed by atoms with Crippen molar-refractivity contribution in [1.29, 1.82) is 0 Å². The lowest BCUT2D eigenvalue weighted by Crippen LogP contribution is -2.01. The second-order valence-corrected chi connectivity index (χ2v) is 4.95. The number of hydrogen-bond acceptors (Lipinski definition) is 2. The van der Waals surface area contributed by atoms with Gasteiger partial charge in [0.1, 0.15) is 11.9 Å². The standard InChI is InChI=1S/C17H15FO2/c1-11-5-2-3-6-12(11)9-15(19)16-10-13-7-4-8-14(18)17(13)20-16/h2-8,10,15,19H,9H2,1H3. The molecule has 1 aromatic heterocycles. The van der Waals surface area contributed by atoms with Crippen LogP contribution >= 0.6 is 0 Å². The maximum absolute atomic E-state index is 13.6. The predicted octanol–water partition coefficient (Wildman–Crippen LogP) is 4.16. The van der Waals surface area contributed by atoms with E-state index in [9.17, 15) is 9.50 Å². The molecule has 3 aromatic rings. The Bertz CT molecular complexity index is 746. The first-order chi connectivity index (χ1) is 9.65. The Kier molecular flexibility index (Phi) is 3.28. The number of fused-ring (bicyclic) bond motifs is 1. The highest BCUT2D eigenvalue weighted by Crippen LogP contribution is 2.28. The highest BCUT2D eigenvalue weighted by molar-refractivity contribution is 5.78. The first-order valence-corrected chi connectivity index (χ1v) is 6.55. The lowest BCUT2D eigenvalue weighted by Gasteiger charge is -2.09. The molecule has 0 radical (unpaired) electrons. The zero-order valence-corrected chi connectivity index (χ0v) is 11.1. The summed E-state index contributed by atoms with van der Waals surface area (Å²) in [6.07, 6.45) is -0.323. The monoisotopic (exact) mass is 270 g/mol. The minimum absolute atomic E-state index is 0.200. The molecule has 3 rings (SSSR count). The molecule has 102 valence electrons. The summed E-state index contributed by atoms with van der Waals surface area (Å²) in [5, 5.41) is 10.9. The fourth-order valence-corrected chi connectivity index (χ4v) is 2.36. The van der Waals surface area contributed by atoms with Gasteiger partial charge >= 0.3 is 0 Å². The summed E-state index contributed by atoms with van der Waals surface area (Å²) < 4.78 is 19.0. The highest BCUT2D eigenvalue weighted by Gasteiger charge is 2.16. The Balaban J connectivity index is 1.91. The minimum Gasteiger partial charge on any atom is -0.455 e. The average Bonchev–Trinajstić information content (AvgIpc) is 2.87. The van der Waals surface area contributed by atoms with Gasteiger partial charge in [0.25, 0.3) is 0 Å². The summed E-state index contributed by atoms with van der Waals surface area (Å²) in [6.45, 7) is 2.00. The van der Waals surface area contributed by atoms with Crippen molar-refractivity contribution in [1.82, 2.24) is 0 Å². The van der Waals surface area contributed by atoms with Crippen molar-refractivity contribution in [3.05, 3.63) is 71.2 Å². The van der Waals surface area contributed by atoms with Crippen LogP contribution in [0.1, 0.15) is 23.0 Å². The summed E-state index contributed by atoms with van der Waals surface area (Å²) >= 11 is 0. The van der Waals surface area contributed by atoms with Gasteiger partial charge in [-0.15, -0.1) is 0 Å². The number of rotatable bonds is 3. The molecular formula is C17H15FO2.